The van der Waals surface area contributed by atoms with Crippen LogP contribution < -0.4 is 11.1 Å². The van der Waals surface area contributed by atoms with Gasteiger partial charge in [0, 0.05) is 12.6 Å². The van der Waals surface area contributed by atoms with E-state index in [0.29, 0.717) is 17.6 Å². The number of carbonyl (C=O) groups is 1. The Balaban J connectivity index is 2.36. The maximum Gasteiger partial charge on any atom is 0.229 e. The van der Waals surface area contributed by atoms with Crippen LogP contribution in [0, 0.1) is 5.92 Å². The fraction of sp³-hybridized carbons (Fsp3) is 0.857. The monoisotopic (exact) mass is 285 g/mol. The molecule has 0 spiro atoms. The van der Waals surface area contributed by atoms with Crippen molar-refractivity contribution >= 4 is 23.1 Å². The van der Waals surface area contributed by atoms with Gasteiger partial charge in [-0.2, -0.15) is 0 Å². The molecule has 1 rings (SSSR count). The Morgan fingerprint density at radius 2 is 2.00 bits per heavy atom. The fourth-order valence-corrected chi connectivity index (χ4v) is 2.78. The molecule has 2 unspecified atom stereocenters. The van der Waals surface area contributed by atoms with E-state index in [-0.39, 0.29) is 11.8 Å². The molecule has 1 heterocycles. The number of thiocarbonyl (C=S) groups is 1. The molecule has 0 radical (unpaired) electrons. The summed E-state index contributed by atoms with van der Waals surface area (Å²) < 4.78 is 0. The molecular weight excluding hydrogens is 258 g/mol. The second kappa shape index (κ2) is 8.48. The molecule has 0 aliphatic carbocycles. The van der Waals surface area contributed by atoms with Crippen LogP contribution in [0.25, 0.3) is 0 Å². The SMILES string of the molecule is CCCC(C(=O)NCC(C)N1CCCCC1)C(N)=S. The van der Waals surface area contributed by atoms with E-state index in [2.05, 4.69) is 17.1 Å². The Bertz CT molecular complexity index is 303. The summed E-state index contributed by atoms with van der Waals surface area (Å²) >= 11 is 4.97. The predicted octanol–water partition coefficient (Wildman–Crippen LogP) is 1.68. The van der Waals surface area contributed by atoms with Gasteiger partial charge in [-0.15, -0.1) is 0 Å². The van der Waals surface area contributed by atoms with Crippen molar-refractivity contribution in [2.75, 3.05) is 19.6 Å². The van der Waals surface area contributed by atoms with Crippen molar-refractivity contribution in [3.8, 4) is 0 Å². The number of carbonyl (C=O) groups excluding carboxylic acids is 1. The first kappa shape index (κ1) is 16.4. The summed E-state index contributed by atoms with van der Waals surface area (Å²) in [6.07, 6.45) is 5.51. The Labute approximate surface area is 122 Å². The molecular formula is C14H27N3OS. The van der Waals surface area contributed by atoms with Crippen molar-refractivity contribution in [3.63, 3.8) is 0 Å². The number of rotatable bonds is 7. The van der Waals surface area contributed by atoms with Gasteiger partial charge < -0.3 is 11.1 Å². The summed E-state index contributed by atoms with van der Waals surface area (Å²) in [5.41, 5.74) is 5.63. The molecule has 0 saturated carbocycles. The molecule has 19 heavy (non-hydrogen) atoms. The van der Waals surface area contributed by atoms with Gasteiger partial charge in [0.1, 0.15) is 0 Å². The van der Waals surface area contributed by atoms with Gasteiger partial charge in [-0.1, -0.05) is 32.0 Å². The Kier molecular flexibility index (Phi) is 7.31. The highest BCUT2D eigenvalue weighted by molar-refractivity contribution is 7.80. The zero-order valence-electron chi connectivity index (χ0n) is 12.2. The number of piperidine rings is 1. The average molecular weight is 285 g/mol. The molecule has 110 valence electrons. The molecule has 0 aromatic carbocycles. The number of amides is 1. The van der Waals surface area contributed by atoms with E-state index in [1.54, 1.807) is 0 Å². The van der Waals surface area contributed by atoms with Crippen LogP contribution in [-0.2, 0) is 4.79 Å². The molecule has 1 amide bonds. The summed E-state index contributed by atoms with van der Waals surface area (Å²) in [5, 5.41) is 3.00. The minimum Gasteiger partial charge on any atom is -0.393 e. The van der Waals surface area contributed by atoms with E-state index in [4.69, 9.17) is 18.0 Å². The Morgan fingerprint density at radius 1 is 1.37 bits per heavy atom. The minimum atomic E-state index is -0.312. The van der Waals surface area contributed by atoms with Crippen LogP contribution in [0.2, 0.25) is 0 Å². The molecule has 1 saturated heterocycles. The molecule has 1 fully saturated rings. The lowest BCUT2D eigenvalue weighted by Crippen LogP contribution is -2.47. The highest BCUT2D eigenvalue weighted by Crippen LogP contribution is 2.12. The first-order valence-corrected chi connectivity index (χ1v) is 7.78. The van der Waals surface area contributed by atoms with Crippen molar-refractivity contribution in [1.29, 1.82) is 0 Å². The number of nitrogens with zero attached hydrogens (tertiary/aromatic N) is 1. The van der Waals surface area contributed by atoms with Crippen LogP contribution in [0.3, 0.4) is 0 Å². The van der Waals surface area contributed by atoms with E-state index < -0.39 is 0 Å². The van der Waals surface area contributed by atoms with E-state index in [1.807, 2.05) is 6.92 Å². The minimum absolute atomic E-state index is 0.0155. The molecule has 2 atom stereocenters. The Morgan fingerprint density at radius 3 is 2.53 bits per heavy atom. The number of nitrogens with one attached hydrogen (secondary N) is 1. The van der Waals surface area contributed by atoms with Gasteiger partial charge in [0.25, 0.3) is 0 Å². The smallest absolute Gasteiger partial charge is 0.229 e. The zero-order valence-corrected chi connectivity index (χ0v) is 13.0. The number of hydrogen-bond donors (Lipinski definition) is 2. The third-order valence-corrected chi connectivity index (χ3v) is 4.11. The number of nitrogens with two attached hydrogens (primary N) is 1. The van der Waals surface area contributed by atoms with Gasteiger partial charge in [0.05, 0.1) is 10.9 Å². The molecule has 4 nitrogen and oxygen atoms in total. The predicted molar refractivity (Wildman–Crippen MR) is 83.1 cm³/mol. The van der Waals surface area contributed by atoms with Crippen molar-refractivity contribution in [1.82, 2.24) is 10.2 Å². The second-order valence-corrected chi connectivity index (χ2v) is 5.91. The topological polar surface area (TPSA) is 58.4 Å². The van der Waals surface area contributed by atoms with Crippen LogP contribution in [0.15, 0.2) is 0 Å². The lowest BCUT2D eigenvalue weighted by molar-refractivity contribution is -0.123. The molecule has 0 aromatic rings. The van der Waals surface area contributed by atoms with Crippen LogP contribution in [-0.4, -0.2) is 41.5 Å². The molecule has 1 aliphatic rings. The van der Waals surface area contributed by atoms with Crippen molar-refractivity contribution in [2.24, 2.45) is 11.7 Å². The van der Waals surface area contributed by atoms with Crippen LogP contribution in [0.4, 0.5) is 0 Å². The maximum atomic E-state index is 12.1. The molecule has 3 N–H and O–H groups in total. The van der Waals surface area contributed by atoms with Gasteiger partial charge in [0.2, 0.25) is 5.91 Å². The third kappa shape index (κ3) is 5.45. The molecule has 1 aliphatic heterocycles. The average Bonchev–Trinajstić information content (AvgIpc) is 2.42. The van der Waals surface area contributed by atoms with Gasteiger partial charge in [-0.05, 0) is 39.3 Å². The summed E-state index contributed by atoms with van der Waals surface area (Å²) in [7, 11) is 0. The first-order valence-electron chi connectivity index (χ1n) is 7.37. The summed E-state index contributed by atoms with van der Waals surface area (Å²) in [5.74, 6) is -0.327. The zero-order chi connectivity index (χ0) is 14.3. The van der Waals surface area contributed by atoms with Crippen LogP contribution in [0.1, 0.15) is 46.0 Å². The quantitative estimate of drug-likeness (QED) is 0.699. The molecule has 5 heteroatoms. The van der Waals surface area contributed by atoms with Gasteiger partial charge in [-0.3, -0.25) is 9.69 Å². The normalized spacial score (nSPS) is 19.7. The summed E-state index contributed by atoms with van der Waals surface area (Å²) in [4.78, 5) is 14.8. The van der Waals surface area contributed by atoms with Crippen molar-refractivity contribution < 1.29 is 4.79 Å². The van der Waals surface area contributed by atoms with Gasteiger partial charge in [0.15, 0.2) is 0 Å². The van der Waals surface area contributed by atoms with Crippen LogP contribution in [0.5, 0.6) is 0 Å². The lowest BCUT2D eigenvalue weighted by Gasteiger charge is -2.32. The van der Waals surface area contributed by atoms with Gasteiger partial charge >= 0.3 is 0 Å². The van der Waals surface area contributed by atoms with Crippen molar-refractivity contribution in [2.45, 2.75) is 52.0 Å². The number of likely N-dealkylation sites (tertiary alicyclic amines) is 1. The Hall–Kier alpha value is -0.680. The van der Waals surface area contributed by atoms with E-state index in [1.165, 1.54) is 19.3 Å². The highest BCUT2D eigenvalue weighted by atomic mass is 32.1. The van der Waals surface area contributed by atoms with Crippen molar-refractivity contribution in [3.05, 3.63) is 0 Å². The summed E-state index contributed by atoms with van der Waals surface area (Å²) in [6, 6.07) is 0.387. The fourth-order valence-electron chi connectivity index (χ4n) is 2.55. The lowest BCUT2D eigenvalue weighted by atomic mass is 10.0. The molecule has 0 bridgehead atoms. The second-order valence-electron chi connectivity index (χ2n) is 5.43. The maximum absolute atomic E-state index is 12.1. The van der Waals surface area contributed by atoms with Crippen LogP contribution >= 0.6 is 12.2 Å². The van der Waals surface area contributed by atoms with Gasteiger partial charge in [-0.25, -0.2) is 0 Å². The first-order chi connectivity index (χ1) is 9.06. The number of hydrogen-bond acceptors (Lipinski definition) is 3. The summed E-state index contributed by atoms with van der Waals surface area (Å²) in [6.45, 7) is 7.17. The van der Waals surface area contributed by atoms with E-state index in [9.17, 15) is 4.79 Å². The standard InChI is InChI=1S/C14H27N3OS/c1-3-7-12(13(15)19)14(18)16-10-11(2)17-8-5-4-6-9-17/h11-12H,3-10H2,1-2H3,(H2,15,19)(H,16,18). The largest absolute Gasteiger partial charge is 0.393 e. The highest BCUT2D eigenvalue weighted by Gasteiger charge is 2.22. The van der Waals surface area contributed by atoms with E-state index >= 15 is 0 Å². The molecule has 0 aromatic heterocycles. The van der Waals surface area contributed by atoms with E-state index in [0.717, 1.165) is 25.9 Å². The third-order valence-electron chi connectivity index (χ3n) is 3.82.